The van der Waals surface area contributed by atoms with Crippen molar-refractivity contribution < 1.29 is 14.3 Å². The molecule has 1 atom stereocenters. The Morgan fingerprint density at radius 2 is 1.64 bits per heavy atom. The lowest BCUT2D eigenvalue weighted by Crippen LogP contribution is -2.44. The first-order valence-electron chi connectivity index (χ1n) is 8.09. The van der Waals surface area contributed by atoms with E-state index in [9.17, 15) is 9.59 Å². The SMILES string of the molecule is COC(=O)[C@H](Cc1ccc(N)cc1)N(C)C(=O)c1cc(C)cc(C)c1. The minimum atomic E-state index is -0.707. The number of ether oxygens (including phenoxy) is 1. The number of anilines is 1. The number of hydrogen-bond donors (Lipinski definition) is 1. The zero-order valence-corrected chi connectivity index (χ0v) is 15.1. The molecule has 2 rings (SSSR count). The third-order valence-electron chi connectivity index (χ3n) is 4.14. The summed E-state index contributed by atoms with van der Waals surface area (Å²) in [5.74, 6) is -0.658. The number of nitrogens with two attached hydrogens (primary N) is 1. The molecule has 0 saturated heterocycles. The first-order valence-corrected chi connectivity index (χ1v) is 8.09. The number of carbonyl (C=O) groups excluding carboxylic acids is 2. The maximum absolute atomic E-state index is 12.9. The van der Waals surface area contributed by atoms with E-state index < -0.39 is 12.0 Å². The van der Waals surface area contributed by atoms with E-state index in [1.54, 1.807) is 19.2 Å². The number of benzene rings is 2. The van der Waals surface area contributed by atoms with Crippen LogP contribution in [-0.2, 0) is 16.0 Å². The van der Waals surface area contributed by atoms with Crippen LogP contribution in [0.3, 0.4) is 0 Å². The molecule has 0 aliphatic rings. The van der Waals surface area contributed by atoms with Gasteiger partial charge in [-0.25, -0.2) is 4.79 Å². The molecule has 0 radical (unpaired) electrons. The Kier molecular flexibility index (Phi) is 5.80. The Hall–Kier alpha value is -2.82. The molecule has 0 aliphatic heterocycles. The second-order valence-electron chi connectivity index (χ2n) is 6.28. The molecule has 0 unspecified atom stereocenters. The summed E-state index contributed by atoms with van der Waals surface area (Å²) >= 11 is 0. The number of aryl methyl sites for hydroxylation is 2. The van der Waals surface area contributed by atoms with Crippen LogP contribution >= 0.6 is 0 Å². The lowest BCUT2D eigenvalue weighted by molar-refractivity contribution is -0.145. The van der Waals surface area contributed by atoms with Gasteiger partial charge in [-0.05, 0) is 43.7 Å². The number of nitrogens with zero attached hydrogens (tertiary/aromatic N) is 1. The summed E-state index contributed by atoms with van der Waals surface area (Å²) in [7, 11) is 2.95. The van der Waals surface area contributed by atoms with Crippen molar-refractivity contribution in [1.82, 2.24) is 4.90 Å². The van der Waals surface area contributed by atoms with Crippen LogP contribution in [0.15, 0.2) is 42.5 Å². The highest BCUT2D eigenvalue weighted by molar-refractivity contribution is 5.97. The molecule has 0 fully saturated rings. The molecule has 1 amide bonds. The van der Waals surface area contributed by atoms with Crippen LogP contribution < -0.4 is 5.73 Å². The summed E-state index contributed by atoms with van der Waals surface area (Å²) in [6.45, 7) is 3.88. The first-order chi connectivity index (χ1) is 11.8. The molecule has 0 aliphatic carbocycles. The molecule has 132 valence electrons. The number of likely N-dealkylation sites (N-methyl/N-ethyl adjacent to an activating group) is 1. The van der Waals surface area contributed by atoms with E-state index in [4.69, 9.17) is 10.5 Å². The van der Waals surface area contributed by atoms with Crippen molar-refractivity contribution in [3.05, 3.63) is 64.7 Å². The van der Waals surface area contributed by atoms with Gasteiger partial charge in [0, 0.05) is 24.7 Å². The van der Waals surface area contributed by atoms with Crippen molar-refractivity contribution in [2.75, 3.05) is 19.9 Å². The van der Waals surface area contributed by atoms with Crippen molar-refractivity contribution >= 4 is 17.6 Å². The van der Waals surface area contributed by atoms with E-state index in [1.165, 1.54) is 12.0 Å². The van der Waals surface area contributed by atoms with Gasteiger partial charge in [-0.1, -0.05) is 29.3 Å². The van der Waals surface area contributed by atoms with Crippen LogP contribution in [0.25, 0.3) is 0 Å². The second kappa shape index (κ2) is 7.83. The van der Waals surface area contributed by atoms with Crippen LogP contribution in [0.2, 0.25) is 0 Å². The summed E-state index contributed by atoms with van der Waals surface area (Å²) in [4.78, 5) is 26.5. The Morgan fingerprint density at radius 3 is 2.16 bits per heavy atom. The van der Waals surface area contributed by atoms with Crippen molar-refractivity contribution in [2.24, 2.45) is 0 Å². The van der Waals surface area contributed by atoms with Crippen LogP contribution in [0, 0.1) is 13.8 Å². The maximum atomic E-state index is 12.9. The zero-order valence-electron chi connectivity index (χ0n) is 15.1. The normalized spacial score (nSPS) is 11.7. The van der Waals surface area contributed by atoms with Gasteiger partial charge in [0.15, 0.2) is 0 Å². The zero-order chi connectivity index (χ0) is 18.6. The van der Waals surface area contributed by atoms with Crippen molar-refractivity contribution in [3.8, 4) is 0 Å². The fourth-order valence-electron chi connectivity index (χ4n) is 2.83. The summed E-state index contributed by atoms with van der Waals surface area (Å²) in [5.41, 5.74) is 9.83. The Bertz CT molecular complexity index is 749. The van der Waals surface area contributed by atoms with Crippen molar-refractivity contribution in [1.29, 1.82) is 0 Å². The van der Waals surface area contributed by atoms with Crippen molar-refractivity contribution in [2.45, 2.75) is 26.3 Å². The highest BCUT2D eigenvalue weighted by Crippen LogP contribution is 2.16. The maximum Gasteiger partial charge on any atom is 0.328 e. The topological polar surface area (TPSA) is 72.6 Å². The molecule has 5 heteroatoms. The minimum absolute atomic E-state index is 0.211. The Balaban J connectivity index is 2.28. The summed E-state index contributed by atoms with van der Waals surface area (Å²) in [6, 6.07) is 12.2. The second-order valence-corrected chi connectivity index (χ2v) is 6.28. The Morgan fingerprint density at radius 1 is 1.08 bits per heavy atom. The van der Waals surface area contributed by atoms with E-state index in [2.05, 4.69) is 0 Å². The molecule has 0 bridgehead atoms. The first kappa shape index (κ1) is 18.5. The van der Waals surface area contributed by atoms with Crippen LogP contribution in [0.1, 0.15) is 27.0 Å². The highest BCUT2D eigenvalue weighted by Gasteiger charge is 2.28. The van der Waals surface area contributed by atoms with Crippen molar-refractivity contribution in [3.63, 3.8) is 0 Å². The lowest BCUT2D eigenvalue weighted by Gasteiger charge is -2.26. The van der Waals surface area contributed by atoms with Gasteiger partial charge in [0.2, 0.25) is 0 Å². The van der Waals surface area contributed by atoms with Gasteiger partial charge in [-0.15, -0.1) is 0 Å². The van der Waals surface area contributed by atoms with E-state index >= 15 is 0 Å². The van der Waals surface area contributed by atoms with Crippen LogP contribution in [-0.4, -0.2) is 37.0 Å². The fraction of sp³-hybridized carbons (Fsp3) is 0.300. The number of nitrogen functional groups attached to an aromatic ring is 1. The number of methoxy groups -OCH3 is 1. The number of rotatable bonds is 5. The van der Waals surface area contributed by atoms with Gasteiger partial charge in [0.1, 0.15) is 6.04 Å². The third-order valence-corrected chi connectivity index (χ3v) is 4.14. The van der Waals surface area contributed by atoms with Gasteiger partial charge < -0.3 is 15.4 Å². The molecule has 2 N–H and O–H groups in total. The quantitative estimate of drug-likeness (QED) is 0.671. The molecule has 0 heterocycles. The molecule has 0 aromatic heterocycles. The average Bonchev–Trinajstić information content (AvgIpc) is 2.58. The van der Waals surface area contributed by atoms with Gasteiger partial charge in [-0.3, -0.25) is 4.79 Å². The third kappa shape index (κ3) is 4.59. The molecule has 25 heavy (non-hydrogen) atoms. The number of amides is 1. The molecule has 5 nitrogen and oxygen atoms in total. The minimum Gasteiger partial charge on any atom is -0.467 e. The van der Waals surface area contributed by atoms with E-state index in [1.807, 2.05) is 44.2 Å². The lowest BCUT2D eigenvalue weighted by atomic mass is 10.0. The molecule has 2 aromatic rings. The molecular formula is C20H24N2O3. The standard InChI is InChI=1S/C20H24N2O3/c1-13-9-14(2)11-16(10-13)19(23)22(3)18(20(24)25-4)12-15-5-7-17(21)8-6-15/h5-11,18H,12,21H2,1-4H3/t18-/m0/s1. The largest absolute Gasteiger partial charge is 0.467 e. The van der Waals surface area contributed by atoms with Gasteiger partial charge >= 0.3 is 5.97 Å². The van der Waals surface area contributed by atoms with Gasteiger partial charge in [0.25, 0.3) is 5.91 Å². The average molecular weight is 340 g/mol. The summed E-state index contributed by atoms with van der Waals surface area (Å²) in [6.07, 6.45) is 0.361. The predicted molar refractivity (Wildman–Crippen MR) is 98.4 cm³/mol. The molecule has 0 spiro atoms. The number of carbonyl (C=O) groups is 2. The predicted octanol–water partition coefficient (Wildman–Crippen LogP) is 2.74. The monoisotopic (exact) mass is 340 g/mol. The highest BCUT2D eigenvalue weighted by atomic mass is 16.5. The fourth-order valence-corrected chi connectivity index (χ4v) is 2.83. The van der Waals surface area contributed by atoms with E-state index in [0.717, 1.165) is 16.7 Å². The number of esters is 1. The molecular weight excluding hydrogens is 316 g/mol. The summed E-state index contributed by atoms with van der Waals surface area (Å²) in [5, 5.41) is 0. The van der Waals surface area contributed by atoms with Crippen LogP contribution in [0.4, 0.5) is 5.69 Å². The number of hydrogen-bond acceptors (Lipinski definition) is 4. The van der Waals surface area contributed by atoms with Crippen LogP contribution in [0.5, 0.6) is 0 Å². The summed E-state index contributed by atoms with van der Waals surface area (Å²) < 4.78 is 4.91. The smallest absolute Gasteiger partial charge is 0.328 e. The van der Waals surface area contributed by atoms with Gasteiger partial charge in [-0.2, -0.15) is 0 Å². The molecule has 2 aromatic carbocycles. The van der Waals surface area contributed by atoms with E-state index in [0.29, 0.717) is 17.7 Å². The Labute approximate surface area is 148 Å². The van der Waals surface area contributed by atoms with Gasteiger partial charge in [0.05, 0.1) is 7.11 Å². The van der Waals surface area contributed by atoms with E-state index in [-0.39, 0.29) is 5.91 Å². The molecule has 0 saturated carbocycles.